The van der Waals surface area contributed by atoms with Crippen LogP contribution in [0.5, 0.6) is 0 Å². The van der Waals surface area contributed by atoms with E-state index in [2.05, 4.69) is 43.5 Å². The van der Waals surface area contributed by atoms with Gasteiger partial charge in [-0.25, -0.2) is 0 Å². The first-order valence-electron chi connectivity index (χ1n) is 6.05. The molecule has 0 aromatic heterocycles. The lowest BCUT2D eigenvalue weighted by atomic mass is 9.90. The van der Waals surface area contributed by atoms with Gasteiger partial charge in [0, 0.05) is 0 Å². The fourth-order valence-electron chi connectivity index (χ4n) is 2.15. The van der Waals surface area contributed by atoms with Crippen molar-refractivity contribution in [1.29, 1.82) is 0 Å². The Labute approximate surface area is 104 Å². The van der Waals surface area contributed by atoms with Crippen LogP contribution in [0.15, 0.2) is 84.1 Å². The first-order chi connectivity index (χ1) is 8.31. The van der Waals surface area contributed by atoms with Gasteiger partial charge < -0.3 is 0 Å². The summed E-state index contributed by atoms with van der Waals surface area (Å²) in [6.07, 6.45) is 20.1. The lowest BCUT2D eigenvalue weighted by Gasteiger charge is -2.15. The molecule has 0 heteroatoms. The van der Waals surface area contributed by atoms with Crippen LogP contribution in [0, 0.1) is 0 Å². The Kier molecular flexibility index (Phi) is 3.77. The molecule has 0 bridgehead atoms. The molecule has 0 radical (unpaired) electrons. The van der Waals surface area contributed by atoms with Crippen LogP contribution < -0.4 is 0 Å². The normalized spacial score (nSPS) is 18.9. The van der Waals surface area contributed by atoms with Crippen molar-refractivity contribution in [2.24, 2.45) is 0 Å². The van der Waals surface area contributed by atoms with Crippen molar-refractivity contribution >= 4 is 0 Å². The van der Waals surface area contributed by atoms with Crippen LogP contribution >= 0.6 is 0 Å². The monoisotopic (exact) mass is 222 g/mol. The van der Waals surface area contributed by atoms with E-state index in [1.54, 1.807) is 6.08 Å². The van der Waals surface area contributed by atoms with Crippen molar-refractivity contribution in [2.45, 2.75) is 19.3 Å². The summed E-state index contributed by atoms with van der Waals surface area (Å²) in [5.74, 6) is 0. The van der Waals surface area contributed by atoms with Gasteiger partial charge in [-0.2, -0.15) is 0 Å². The van der Waals surface area contributed by atoms with Gasteiger partial charge in [-0.1, -0.05) is 61.8 Å². The van der Waals surface area contributed by atoms with Crippen molar-refractivity contribution in [3.8, 4) is 0 Å². The van der Waals surface area contributed by atoms with Gasteiger partial charge in [-0.15, -0.1) is 0 Å². The van der Waals surface area contributed by atoms with Crippen LogP contribution in [-0.2, 0) is 0 Å². The minimum absolute atomic E-state index is 1.09. The van der Waals surface area contributed by atoms with Gasteiger partial charge >= 0.3 is 0 Å². The number of allylic oxidation sites excluding steroid dienone is 12. The van der Waals surface area contributed by atoms with Crippen molar-refractivity contribution in [2.75, 3.05) is 0 Å². The van der Waals surface area contributed by atoms with Crippen LogP contribution in [-0.4, -0.2) is 0 Å². The number of rotatable bonds is 4. The standard InChI is InChI=1S/C17H18/c1-3-4-7-14(2)15-10-12-17(13-11-15)16-8-5-6-9-16/h3-8,10,12H,1-2,9,11,13H2/b7-4-. The lowest BCUT2D eigenvalue weighted by Crippen LogP contribution is -1.96. The topological polar surface area (TPSA) is 0 Å². The number of hydrogen-bond donors (Lipinski definition) is 0. The van der Waals surface area contributed by atoms with E-state index in [9.17, 15) is 0 Å². The summed E-state index contributed by atoms with van der Waals surface area (Å²) < 4.78 is 0. The molecular formula is C17H18. The van der Waals surface area contributed by atoms with Crippen molar-refractivity contribution in [3.05, 3.63) is 84.1 Å². The third-order valence-corrected chi connectivity index (χ3v) is 3.18. The first kappa shape index (κ1) is 11.7. The molecule has 0 N–H and O–H groups in total. The summed E-state index contributed by atoms with van der Waals surface area (Å²) in [7, 11) is 0. The minimum atomic E-state index is 1.09. The van der Waals surface area contributed by atoms with Gasteiger partial charge in [0.2, 0.25) is 0 Å². The van der Waals surface area contributed by atoms with Gasteiger partial charge in [0.15, 0.2) is 0 Å². The van der Waals surface area contributed by atoms with E-state index in [1.807, 2.05) is 12.2 Å². The molecule has 0 heterocycles. The van der Waals surface area contributed by atoms with E-state index in [4.69, 9.17) is 0 Å². The zero-order chi connectivity index (χ0) is 12.1. The zero-order valence-electron chi connectivity index (χ0n) is 10.2. The molecule has 0 saturated carbocycles. The Hall–Kier alpha value is -1.82. The lowest BCUT2D eigenvalue weighted by molar-refractivity contribution is 0.919. The van der Waals surface area contributed by atoms with Crippen LogP contribution in [0.1, 0.15) is 19.3 Å². The van der Waals surface area contributed by atoms with E-state index in [0.29, 0.717) is 0 Å². The third-order valence-electron chi connectivity index (χ3n) is 3.18. The molecule has 0 amide bonds. The van der Waals surface area contributed by atoms with Gasteiger partial charge in [-0.3, -0.25) is 0 Å². The van der Waals surface area contributed by atoms with Crippen LogP contribution in [0.2, 0.25) is 0 Å². The maximum absolute atomic E-state index is 4.08. The largest absolute Gasteiger partial charge is 0.0991 e. The van der Waals surface area contributed by atoms with Crippen LogP contribution in [0.3, 0.4) is 0 Å². The fraction of sp³-hybridized carbons (Fsp3) is 0.176. The second kappa shape index (κ2) is 5.49. The van der Waals surface area contributed by atoms with E-state index in [1.165, 1.54) is 16.7 Å². The average molecular weight is 222 g/mol. The maximum Gasteiger partial charge on any atom is -0.00916 e. The molecular weight excluding hydrogens is 204 g/mol. The smallest absolute Gasteiger partial charge is 0.00916 e. The SMILES string of the molecule is C=C/C=C\C(=C)C1=CC=C(C2=CC=CC2)CC1. The zero-order valence-corrected chi connectivity index (χ0v) is 10.2. The molecule has 0 unspecified atom stereocenters. The van der Waals surface area contributed by atoms with Gasteiger partial charge in [-0.05, 0) is 41.6 Å². The Morgan fingerprint density at radius 2 is 2.00 bits per heavy atom. The summed E-state index contributed by atoms with van der Waals surface area (Å²) in [6.45, 7) is 7.75. The van der Waals surface area contributed by atoms with Crippen LogP contribution in [0.25, 0.3) is 0 Å². The van der Waals surface area contributed by atoms with Gasteiger partial charge in [0.1, 0.15) is 0 Å². The van der Waals surface area contributed by atoms with Crippen molar-refractivity contribution in [3.63, 3.8) is 0 Å². The highest BCUT2D eigenvalue weighted by Crippen LogP contribution is 2.30. The van der Waals surface area contributed by atoms with Gasteiger partial charge in [0.05, 0.1) is 0 Å². The summed E-state index contributed by atoms with van der Waals surface area (Å²) in [6, 6.07) is 0. The van der Waals surface area contributed by atoms with Crippen molar-refractivity contribution in [1.82, 2.24) is 0 Å². The minimum Gasteiger partial charge on any atom is -0.0991 e. The highest BCUT2D eigenvalue weighted by molar-refractivity contribution is 5.48. The van der Waals surface area contributed by atoms with Crippen LogP contribution in [0.4, 0.5) is 0 Å². The van der Waals surface area contributed by atoms with E-state index >= 15 is 0 Å². The quantitative estimate of drug-likeness (QED) is 0.598. The summed E-state index contributed by atoms with van der Waals surface area (Å²) in [4.78, 5) is 0. The molecule has 0 atom stereocenters. The molecule has 0 aromatic carbocycles. The second-order valence-corrected chi connectivity index (χ2v) is 4.33. The van der Waals surface area contributed by atoms with Gasteiger partial charge in [0.25, 0.3) is 0 Å². The Balaban J connectivity index is 2.07. The van der Waals surface area contributed by atoms with E-state index < -0.39 is 0 Å². The molecule has 0 fully saturated rings. The molecule has 86 valence electrons. The van der Waals surface area contributed by atoms with E-state index in [0.717, 1.165) is 24.8 Å². The van der Waals surface area contributed by atoms with E-state index in [-0.39, 0.29) is 0 Å². The molecule has 0 aromatic rings. The fourth-order valence-corrected chi connectivity index (χ4v) is 2.15. The molecule has 17 heavy (non-hydrogen) atoms. The molecule has 0 nitrogen and oxygen atoms in total. The Morgan fingerprint density at radius 1 is 1.12 bits per heavy atom. The predicted octanol–water partition coefficient (Wildman–Crippen LogP) is 4.82. The predicted molar refractivity (Wildman–Crippen MR) is 75.7 cm³/mol. The first-order valence-corrected chi connectivity index (χ1v) is 6.05. The number of hydrogen-bond acceptors (Lipinski definition) is 0. The van der Waals surface area contributed by atoms with Crippen molar-refractivity contribution < 1.29 is 0 Å². The molecule has 2 rings (SSSR count). The average Bonchev–Trinajstić information content (AvgIpc) is 2.90. The molecule has 2 aliphatic carbocycles. The molecule has 0 saturated heterocycles. The summed E-state index contributed by atoms with van der Waals surface area (Å²) >= 11 is 0. The molecule has 0 spiro atoms. The summed E-state index contributed by atoms with van der Waals surface area (Å²) in [5, 5.41) is 0. The highest BCUT2D eigenvalue weighted by atomic mass is 14.2. The summed E-state index contributed by atoms with van der Waals surface area (Å²) in [5.41, 5.74) is 5.36. The Bertz CT molecular complexity index is 476. The molecule has 0 aliphatic heterocycles. The maximum atomic E-state index is 4.08. The Morgan fingerprint density at radius 3 is 2.59 bits per heavy atom. The molecule has 2 aliphatic rings. The highest BCUT2D eigenvalue weighted by Gasteiger charge is 2.11. The third kappa shape index (κ3) is 2.85. The second-order valence-electron chi connectivity index (χ2n) is 4.33.